The molecule has 0 aromatic heterocycles. The van der Waals surface area contributed by atoms with E-state index in [0.717, 1.165) is 0 Å². The molecule has 7 nitrogen and oxygen atoms in total. The van der Waals surface area contributed by atoms with Crippen molar-refractivity contribution in [3.63, 3.8) is 0 Å². The highest BCUT2D eigenvalue weighted by Crippen LogP contribution is 2.31. The van der Waals surface area contributed by atoms with E-state index in [0.29, 0.717) is 18.7 Å². The van der Waals surface area contributed by atoms with Crippen LogP contribution in [-0.4, -0.2) is 56.3 Å². The Hall–Kier alpha value is -2.09. The van der Waals surface area contributed by atoms with Crippen LogP contribution in [0.5, 0.6) is 5.75 Å². The number of benzene rings is 1. The van der Waals surface area contributed by atoms with Gasteiger partial charge in [0.05, 0.1) is 23.2 Å². The number of nitrogens with zero attached hydrogens (tertiary/aromatic N) is 1. The fraction of sp³-hybridized carbons (Fsp3) is 0.529. The fourth-order valence-electron chi connectivity index (χ4n) is 2.92. The van der Waals surface area contributed by atoms with Crippen molar-refractivity contribution in [2.45, 2.75) is 25.2 Å². The minimum atomic E-state index is -3.62. The highest BCUT2D eigenvalue weighted by Gasteiger charge is 2.43. The topological polar surface area (TPSA) is 101 Å². The Morgan fingerprint density at radius 1 is 1.32 bits per heavy atom. The highest BCUT2D eigenvalue weighted by atomic mass is 32.2. The van der Waals surface area contributed by atoms with Gasteiger partial charge in [-0.3, -0.25) is 9.59 Å². The van der Waals surface area contributed by atoms with E-state index in [1.807, 2.05) is 0 Å². The van der Waals surface area contributed by atoms with Crippen molar-refractivity contribution in [1.82, 2.24) is 4.90 Å². The van der Waals surface area contributed by atoms with E-state index < -0.39 is 27.1 Å². The van der Waals surface area contributed by atoms with E-state index in [9.17, 15) is 23.1 Å². The first-order valence-corrected chi connectivity index (χ1v) is 9.63. The third kappa shape index (κ3) is 4.12. The van der Waals surface area contributed by atoms with Gasteiger partial charge in [0.15, 0.2) is 9.84 Å². The molecule has 1 N–H and O–H groups in total. The summed E-state index contributed by atoms with van der Waals surface area (Å²) < 4.78 is 30.0. The second kappa shape index (κ2) is 7.03. The molecule has 1 aromatic carbocycles. The van der Waals surface area contributed by atoms with Gasteiger partial charge in [-0.05, 0) is 37.6 Å². The van der Waals surface area contributed by atoms with Crippen LogP contribution >= 0.6 is 0 Å². The number of sulfone groups is 1. The molecule has 0 aliphatic carbocycles. The van der Waals surface area contributed by atoms with Crippen molar-refractivity contribution in [3.05, 3.63) is 24.3 Å². The van der Waals surface area contributed by atoms with Crippen LogP contribution in [0.3, 0.4) is 0 Å². The van der Waals surface area contributed by atoms with Crippen LogP contribution in [0.2, 0.25) is 0 Å². The molecule has 1 heterocycles. The molecule has 0 radical (unpaired) electrons. The summed E-state index contributed by atoms with van der Waals surface area (Å²) in [6, 6.07) is 6.00. The summed E-state index contributed by atoms with van der Waals surface area (Å²) in [5.41, 5.74) is -0.968. The Kier molecular flexibility index (Phi) is 5.41. The smallest absolute Gasteiger partial charge is 0.311 e. The normalized spacial score (nSPS) is 21.8. The van der Waals surface area contributed by atoms with Gasteiger partial charge in [0.25, 0.3) is 0 Å². The third-order valence-corrected chi connectivity index (χ3v) is 6.54. The zero-order valence-electron chi connectivity index (χ0n) is 14.6. The number of amides is 1. The molecule has 0 spiro atoms. The standard InChI is InChI=1S/C17H23NO6S/c1-12(15(19)18-9-8-17(2,11-18)16(20)21)10-25(22,23)14-6-4-13(24-3)5-7-14/h4-7,12H,8-11H2,1-3H3,(H,20,21). The van der Waals surface area contributed by atoms with Crippen LogP contribution in [0.1, 0.15) is 20.3 Å². The van der Waals surface area contributed by atoms with Crippen molar-refractivity contribution in [2.75, 3.05) is 26.0 Å². The Labute approximate surface area is 147 Å². The molecule has 0 saturated carbocycles. The molecular weight excluding hydrogens is 346 g/mol. The van der Waals surface area contributed by atoms with Gasteiger partial charge in [-0.25, -0.2) is 8.42 Å². The van der Waals surface area contributed by atoms with Gasteiger partial charge < -0.3 is 14.7 Å². The molecule has 1 aromatic rings. The number of hydrogen-bond acceptors (Lipinski definition) is 5. The van der Waals surface area contributed by atoms with E-state index in [1.54, 1.807) is 26.0 Å². The predicted molar refractivity (Wildman–Crippen MR) is 91.2 cm³/mol. The zero-order valence-corrected chi connectivity index (χ0v) is 15.4. The van der Waals surface area contributed by atoms with Gasteiger partial charge >= 0.3 is 5.97 Å². The lowest BCUT2D eigenvalue weighted by atomic mass is 9.90. The van der Waals surface area contributed by atoms with E-state index in [1.165, 1.54) is 24.1 Å². The summed E-state index contributed by atoms with van der Waals surface area (Å²) >= 11 is 0. The maximum absolute atomic E-state index is 12.5. The molecule has 2 rings (SSSR count). The van der Waals surface area contributed by atoms with E-state index in [2.05, 4.69) is 0 Å². The molecule has 138 valence electrons. The first-order chi connectivity index (χ1) is 11.6. The molecule has 8 heteroatoms. The lowest BCUT2D eigenvalue weighted by molar-refractivity contribution is -0.147. The first-order valence-electron chi connectivity index (χ1n) is 7.98. The summed E-state index contributed by atoms with van der Waals surface area (Å²) in [5, 5.41) is 9.24. The van der Waals surface area contributed by atoms with Crippen LogP contribution in [0.4, 0.5) is 0 Å². The third-order valence-electron chi connectivity index (χ3n) is 4.61. The number of ether oxygens (including phenoxy) is 1. The number of aliphatic carboxylic acids is 1. The molecule has 1 aliphatic rings. The van der Waals surface area contributed by atoms with E-state index in [4.69, 9.17) is 4.74 Å². The van der Waals surface area contributed by atoms with Crippen LogP contribution in [0.25, 0.3) is 0 Å². The Balaban J connectivity index is 2.06. The second-order valence-corrected chi connectivity index (χ2v) is 8.77. The van der Waals surface area contributed by atoms with Gasteiger partial charge in [0, 0.05) is 19.0 Å². The number of carboxylic acids is 1. The largest absolute Gasteiger partial charge is 0.497 e. The number of likely N-dealkylation sites (tertiary alicyclic amines) is 1. The zero-order chi connectivity index (χ0) is 18.8. The lowest BCUT2D eigenvalue weighted by Gasteiger charge is -2.23. The number of carboxylic acid groups (broad SMARTS) is 1. The van der Waals surface area contributed by atoms with Crippen molar-refractivity contribution >= 4 is 21.7 Å². The van der Waals surface area contributed by atoms with Gasteiger partial charge in [0.2, 0.25) is 5.91 Å². The quantitative estimate of drug-likeness (QED) is 0.814. The molecule has 1 fully saturated rings. The number of rotatable bonds is 6. The molecule has 1 amide bonds. The Bertz CT molecular complexity index is 758. The molecule has 1 aliphatic heterocycles. The number of hydrogen-bond donors (Lipinski definition) is 1. The molecular formula is C17H23NO6S. The summed E-state index contributed by atoms with van der Waals surface area (Å²) in [6.45, 7) is 3.59. The lowest BCUT2D eigenvalue weighted by Crippen LogP contribution is -2.39. The Morgan fingerprint density at radius 2 is 1.92 bits per heavy atom. The van der Waals surface area contributed by atoms with Crippen molar-refractivity contribution in [3.8, 4) is 5.75 Å². The van der Waals surface area contributed by atoms with Gasteiger partial charge in [-0.1, -0.05) is 6.92 Å². The summed E-state index contributed by atoms with van der Waals surface area (Å²) in [5.74, 6) is -1.79. The van der Waals surface area contributed by atoms with Crippen LogP contribution < -0.4 is 4.74 Å². The highest BCUT2D eigenvalue weighted by molar-refractivity contribution is 7.91. The number of carbonyl (C=O) groups is 2. The van der Waals surface area contributed by atoms with Gasteiger partial charge in [-0.15, -0.1) is 0 Å². The Morgan fingerprint density at radius 3 is 2.40 bits per heavy atom. The fourth-order valence-corrected chi connectivity index (χ4v) is 4.46. The average Bonchev–Trinajstić information content (AvgIpc) is 2.97. The minimum Gasteiger partial charge on any atom is -0.497 e. The minimum absolute atomic E-state index is 0.105. The molecule has 2 unspecified atom stereocenters. The molecule has 25 heavy (non-hydrogen) atoms. The SMILES string of the molecule is COc1ccc(S(=O)(=O)CC(C)C(=O)N2CCC(C)(C(=O)O)C2)cc1. The maximum atomic E-state index is 12.5. The second-order valence-electron chi connectivity index (χ2n) is 6.73. The van der Waals surface area contributed by atoms with Crippen LogP contribution in [0, 0.1) is 11.3 Å². The van der Waals surface area contributed by atoms with Gasteiger partial charge in [-0.2, -0.15) is 0 Å². The summed E-state index contributed by atoms with van der Waals surface area (Å²) in [7, 11) is -2.13. The summed E-state index contributed by atoms with van der Waals surface area (Å²) in [4.78, 5) is 25.4. The first kappa shape index (κ1) is 19.2. The predicted octanol–water partition coefficient (Wildman–Crippen LogP) is 1.43. The van der Waals surface area contributed by atoms with Crippen molar-refractivity contribution in [1.29, 1.82) is 0 Å². The number of carbonyl (C=O) groups excluding carboxylic acids is 1. The molecule has 2 atom stereocenters. The van der Waals surface area contributed by atoms with E-state index in [-0.39, 0.29) is 23.1 Å². The summed E-state index contributed by atoms with van der Waals surface area (Å²) in [6.07, 6.45) is 0.367. The van der Waals surface area contributed by atoms with Crippen molar-refractivity contribution < 1.29 is 27.9 Å². The van der Waals surface area contributed by atoms with Crippen LogP contribution in [0.15, 0.2) is 29.2 Å². The maximum Gasteiger partial charge on any atom is 0.311 e. The molecule has 0 bridgehead atoms. The monoisotopic (exact) mass is 369 g/mol. The number of methoxy groups -OCH3 is 1. The van der Waals surface area contributed by atoms with Crippen molar-refractivity contribution in [2.24, 2.45) is 11.3 Å². The van der Waals surface area contributed by atoms with Crippen LogP contribution in [-0.2, 0) is 19.4 Å². The molecule has 1 saturated heterocycles. The van der Waals surface area contributed by atoms with Gasteiger partial charge in [0.1, 0.15) is 5.75 Å². The average molecular weight is 369 g/mol. The van der Waals surface area contributed by atoms with E-state index >= 15 is 0 Å².